The number of aromatic nitrogens is 1. The first-order chi connectivity index (χ1) is 14.9. The van der Waals surface area contributed by atoms with Crippen molar-refractivity contribution in [2.24, 2.45) is 5.92 Å². The predicted octanol–water partition coefficient (Wildman–Crippen LogP) is 1.98. The number of amides is 2. The summed E-state index contributed by atoms with van der Waals surface area (Å²) in [4.78, 5) is 34.5. The lowest BCUT2D eigenvalue weighted by atomic mass is 10.0. The Morgan fingerprint density at radius 2 is 2.03 bits per heavy atom. The van der Waals surface area contributed by atoms with Crippen LogP contribution in [-0.4, -0.2) is 79.7 Å². The molecule has 31 heavy (non-hydrogen) atoms. The maximum atomic E-state index is 12.3. The SMILES string of the molecule is CN1CC(COC(=O)N2CCN(c3ccc(Cl)c(NC(=O)c4coc(N)n4)c3)CC2)C1. The molecule has 2 aromatic rings. The first-order valence-electron chi connectivity index (χ1n) is 10.1. The standard InChI is InChI=1S/C20H25ClN6O4/c1-25-9-13(10-25)11-31-20(29)27-6-4-26(5-7-27)14-2-3-15(21)16(8-14)23-18(28)17-12-30-19(22)24-17/h2-3,8,12-13H,4-7,9-11H2,1H3,(H2,22,24)(H,23,28). The number of likely N-dealkylation sites (tertiary alicyclic amines) is 1. The van der Waals surface area contributed by atoms with Gasteiger partial charge in [-0.05, 0) is 25.2 Å². The maximum Gasteiger partial charge on any atom is 0.409 e. The molecule has 2 aliphatic heterocycles. The Balaban J connectivity index is 1.31. The number of carbonyl (C=O) groups excluding carboxylic acids is 2. The smallest absolute Gasteiger partial charge is 0.409 e. The molecule has 2 amide bonds. The summed E-state index contributed by atoms with van der Waals surface area (Å²) in [6.07, 6.45) is 0.925. The van der Waals surface area contributed by atoms with Gasteiger partial charge < -0.3 is 34.9 Å². The number of anilines is 3. The molecule has 0 radical (unpaired) electrons. The largest absolute Gasteiger partial charge is 0.449 e. The fraction of sp³-hybridized carbons (Fsp3) is 0.450. The van der Waals surface area contributed by atoms with Crippen molar-refractivity contribution in [1.82, 2.24) is 14.8 Å². The van der Waals surface area contributed by atoms with Gasteiger partial charge in [0.25, 0.3) is 11.9 Å². The normalized spacial score (nSPS) is 17.4. The third kappa shape index (κ3) is 5.02. The molecule has 1 aromatic carbocycles. The molecule has 4 rings (SSSR count). The van der Waals surface area contributed by atoms with E-state index in [4.69, 9.17) is 26.5 Å². The number of nitrogens with one attached hydrogen (secondary N) is 1. The summed E-state index contributed by atoms with van der Waals surface area (Å²) in [6.45, 7) is 4.84. The lowest BCUT2D eigenvalue weighted by Gasteiger charge is -2.38. The van der Waals surface area contributed by atoms with Crippen molar-refractivity contribution in [1.29, 1.82) is 0 Å². The van der Waals surface area contributed by atoms with E-state index in [2.05, 4.69) is 27.1 Å². The molecule has 0 spiro atoms. The van der Waals surface area contributed by atoms with E-state index in [1.807, 2.05) is 6.07 Å². The number of ether oxygens (including phenoxy) is 1. The average Bonchev–Trinajstić information content (AvgIpc) is 3.18. The van der Waals surface area contributed by atoms with Gasteiger partial charge in [-0.3, -0.25) is 4.79 Å². The number of oxazole rings is 1. The van der Waals surface area contributed by atoms with Gasteiger partial charge in [0, 0.05) is 50.9 Å². The Morgan fingerprint density at radius 1 is 1.29 bits per heavy atom. The summed E-state index contributed by atoms with van der Waals surface area (Å²) in [6, 6.07) is 5.32. The number of carbonyl (C=O) groups is 2. The highest BCUT2D eigenvalue weighted by atomic mass is 35.5. The quantitative estimate of drug-likeness (QED) is 0.713. The molecule has 11 heteroatoms. The van der Waals surface area contributed by atoms with Gasteiger partial charge >= 0.3 is 6.09 Å². The van der Waals surface area contributed by atoms with E-state index < -0.39 is 5.91 Å². The number of piperazine rings is 1. The van der Waals surface area contributed by atoms with E-state index in [0.29, 0.717) is 49.4 Å². The zero-order valence-electron chi connectivity index (χ0n) is 17.2. The van der Waals surface area contributed by atoms with Crippen molar-refractivity contribution in [3.05, 3.63) is 35.2 Å². The van der Waals surface area contributed by atoms with Gasteiger partial charge in [-0.15, -0.1) is 0 Å². The Morgan fingerprint density at radius 3 is 2.68 bits per heavy atom. The van der Waals surface area contributed by atoms with Crippen LogP contribution in [0.15, 0.2) is 28.9 Å². The second-order valence-electron chi connectivity index (χ2n) is 7.83. The summed E-state index contributed by atoms with van der Waals surface area (Å²) in [5.41, 5.74) is 6.83. The first kappa shape index (κ1) is 21.3. The second kappa shape index (κ2) is 9.03. The van der Waals surface area contributed by atoms with E-state index in [-0.39, 0.29) is 17.8 Å². The second-order valence-corrected chi connectivity index (χ2v) is 8.23. The number of hydrogen-bond acceptors (Lipinski definition) is 8. The Hall–Kier alpha value is -2.98. The van der Waals surface area contributed by atoms with Crippen LogP contribution in [0.2, 0.25) is 5.02 Å². The number of nitrogens with zero attached hydrogens (tertiary/aromatic N) is 4. The summed E-state index contributed by atoms with van der Waals surface area (Å²) in [5.74, 6) is -0.0312. The number of hydrogen-bond donors (Lipinski definition) is 2. The van der Waals surface area contributed by atoms with Crippen molar-refractivity contribution >= 4 is 41.0 Å². The van der Waals surface area contributed by atoms with Crippen LogP contribution in [0.1, 0.15) is 10.5 Å². The van der Waals surface area contributed by atoms with Crippen LogP contribution in [-0.2, 0) is 4.74 Å². The summed E-state index contributed by atoms with van der Waals surface area (Å²) in [7, 11) is 2.05. The summed E-state index contributed by atoms with van der Waals surface area (Å²) < 4.78 is 10.3. The number of nitrogens with two attached hydrogens (primary N) is 1. The maximum absolute atomic E-state index is 12.3. The molecule has 2 fully saturated rings. The molecule has 2 saturated heterocycles. The fourth-order valence-corrected chi connectivity index (χ4v) is 3.91. The summed E-state index contributed by atoms with van der Waals surface area (Å²) in [5, 5.41) is 3.12. The van der Waals surface area contributed by atoms with Crippen LogP contribution in [0.3, 0.4) is 0 Å². The third-order valence-electron chi connectivity index (χ3n) is 5.44. The van der Waals surface area contributed by atoms with Gasteiger partial charge in [-0.2, -0.15) is 4.98 Å². The highest BCUT2D eigenvalue weighted by molar-refractivity contribution is 6.34. The molecule has 10 nitrogen and oxygen atoms in total. The zero-order valence-corrected chi connectivity index (χ0v) is 18.0. The number of benzene rings is 1. The molecule has 3 N–H and O–H groups in total. The molecule has 1 aromatic heterocycles. The summed E-state index contributed by atoms with van der Waals surface area (Å²) >= 11 is 6.25. The molecule has 0 bridgehead atoms. The highest BCUT2D eigenvalue weighted by Gasteiger charge is 2.27. The van der Waals surface area contributed by atoms with Gasteiger partial charge in [0.2, 0.25) is 0 Å². The predicted molar refractivity (Wildman–Crippen MR) is 116 cm³/mol. The molecule has 3 heterocycles. The Bertz CT molecular complexity index is 953. The van der Waals surface area contributed by atoms with Gasteiger partial charge in [-0.1, -0.05) is 11.6 Å². The average molecular weight is 449 g/mol. The topological polar surface area (TPSA) is 117 Å². The first-order valence-corrected chi connectivity index (χ1v) is 10.4. The minimum atomic E-state index is -0.468. The molecule has 0 unspecified atom stereocenters. The van der Waals surface area contributed by atoms with Crippen LogP contribution in [0.25, 0.3) is 0 Å². The number of nitrogen functional groups attached to an aromatic ring is 1. The lowest BCUT2D eigenvalue weighted by molar-refractivity contribution is 0.0391. The van der Waals surface area contributed by atoms with E-state index in [1.54, 1.807) is 17.0 Å². The molecule has 0 saturated carbocycles. The minimum absolute atomic E-state index is 0.0691. The van der Waals surface area contributed by atoms with Gasteiger partial charge in [0.15, 0.2) is 5.69 Å². The van der Waals surface area contributed by atoms with Gasteiger partial charge in [-0.25, -0.2) is 4.79 Å². The number of rotatable bonds is 5. The van der Waals surface area contributed by atoms with Gasteiger partial charge in [0.1, 0.15) is 6.26 Å². The van der Waals surface area contributed by atoms with Gasteiger partial charge in [0.05, 0.1) is 17.3 Å². The minimum Gasteiger partial charge on any atom is -0.449 e. The van der Waals surface area contributed by atoms with E-state index >= 15 is 0 Å². The zero-order chi connectivity index (χ0) is 22.0. The van der Waals surface area contributed by atoms with Crippen molar-refractivity contribution < 1.29 is 18.7 Å². The van der Waals surface area contributed by atoms with Crippen molar-refractivity contribution in [2.75, 3.05) is 68.9 Å². The Kier molecular flexibility index (Phi) is 6.19. The lowest BCUT2D eigenvalue weighted by Crippen LogP contribution is -2.50. The van der Waals surface area contributed by atoms with Crippen LogP contribution < -0.4 is 16.0 Å². The molecule has 0 aliphatic carbocycles. The van der Waals surface area contributed by atoms with Crippen molar-refractivity contribution in [2.45, 2.75) is 0 Å². The number of halogens is 1. The molecule has 2 aliphatic rings. The molecular formula is C20H25ClN6O4. The van der Waals surface area contributed by atoms with Crippen molar-refractivity contribution in [3.8, 4) is 0 Å². The Labute approximate surface area is 184 Å². The van der Waals surface area contributed by atoms with Crippen LogP contribution in [0, 0.1) is 5.92 Å². The fourth-order valence-electron chi connectivity index (χ4n) is 3.75. The van der Waals surface area contributed by atoms with Crippen LogP contribution >= 0.6 is 11.6 Å². The van der Waals surface area contributed by atoms with Crippen LogP contribution in [0.4, 0.5) is 22.2 Å². The van der Waals surface area contributed by atoms with Crippen LogP contribution in [0.5, 0.6) is 0 Å². The van der Waals surface area contributed by atoms with E-state index in [9.17, 15) is 9.59 Å². The third-order valence-corrected chi connectivity index (χ3v) is 5.77. The van der Waals surface area contributed by atoms with E-state index in [0.717, 1.165) is 18.8 Å². The molecule has 166 valence electrons. The monoisotopic (exact) mass is 448 g/mol. The molecule has 0 atom stereocenters. The molecular weight excluding hydrogens is 424 g/mol. The highest BCUT2D eigenvalue weighted by Crippen LogP contribution is 2.29. The van der Waals surface area contributed by atoms with E-state index in [1.165, 1.54) is 6.26 Å². The van der Waals surface area contributed by atoms with Crippen molar-refractivity contribution in [3.63, 3.8) is 0 Å².